The Morgan fingerprint density at radius 2 is 1.88 bits per heavy atom. The maximum absolute atomic E-state index is 12.6. The quantitative estimate of drug-likeness (QED) is 0.265. The molecule has 3 aromatic carbocycles. The molecule has 3 aromatic rings. The van der Waals surface area contributed by atoms with E-state index in [1.54, 1.807) is 37.3 Å². The molecule has 3 rings (SSSR count). The zero-order chi connectivity index (χ0) is 23.3. The van der Waals surface area contributed by atoms with Gasteiger partial charge < -0.3 is 10.1 Å². The smallest absolute Gasteiger partial charge is 0.266 e. The molecule has 0 aliphatic rings. The zero-order valence-electron chi connectivity index (χ0n) is 17.4. The summed E-state index contributed by atoms with van der Waals surface area (Å²) >= 11 is 16.0. The minimum Gasteiger partial charge on any atom is -0.486 e. The van der Waals surface area contributed by atoms with E-state index in [0.29, 0.717) is 38.1 Å². The number of halogens is 3. The fraction of sp³-hybridized carbons (Fsp3) is 0.120. The third-order valence-corrected chi connectivity index (χ3v) is 5.96. The molecular formula is C25H19BrCl2N2O2. The number of nitrogens with one attached hydrogen (secondary N) is 1. The highest BCUT2D eigenvalue weighted by atomic mass is 79.9. The molecule has 0 spiro atoms. The average Bonchev–Trinajstić information content (AvgIpc) is 2.74. The van der Waals surface area contributed by atoms with Crippen molar-refractivity contribution < 1.29 is 9.53 Å². The van der Waals surface area contributed by atoms with Gasteiger partial charge in [-0.3, -0.25) is 4.79 Å². The molecule has 32 heavy (non-hydrogen) atoms. The largest absolute Gasteiger partial charge is 0.486 e. The molecule has 0 radical (unpaired) electrons. The van der Waals surface area contributed by atoms with Crippen LogP contribution in [0, 0.1) is 25.2 Å². The fourth-order valence-corrected chi connectivity index (χ4v) is 4.17. The Hall–Kier alpha value is -2.78. The van der Waals surface area contributed by atoms with Crippen LogP contribution < -0.4 is 10.1 Å². The lowest BCUT2D eigenvalue weighted by Gasteiger charge is -2.12. The number of hydrogen-bond donors (Lipinski definition) is 1. The van der Waals surface area contributed by atoms with Crippen LogP contribution in [0.2, 0.25) is 10.0 Å². The van der Waals surface area contributed by atoms with Crippen LogP contribution in [0.4, 0.5) is 5.69 Å². The molecular weight excluding hydrogens is 511 g/mol. The Balaban J connectivity index is 1.79. The molecule has 0 saturated carbocycles. The molecule has 0 bridgehead atoms. The number of nitriles is 1. The van der Waals surface area contributed by atoms with Gasteiger partial charge in [-0.15, -0.1) is 0 Å². The Bertz CT molecular complexity index is 1230. The first-order valence-corrected chi connectivity index (χ1v) is 11.2. The first-order valence-electron chi connectivity index (χ1n) is 9.64. The van der Waals surface area contributed by atoms with Crippen molar-refractivity contribution >= 4 is 56.8 Å². The number of anilines is 1. The SMILES string of the molecule is Cc1cccc(COc2c(Cl)cc(/C=C(/C#N)C(=O)Nc3cccc(Cl)c3C)cc2Br)c1. The fourth-order valence-electron chi connectivity index (χ4n) is 3.01. The highest BCUT2D eigenvalue weighted by Gasteiger charge is 2.14. The second kappa shape index (κ2) is 10.7. The summed E-state index contributed by atoms with van der Waals surface area (Å²) in [4.78, 5) is 12.6. The van der Waals surface area contributed by atoms with Gasteiger partial charge in [0.05, 0.1) is 9.50 Å². The number of rotatable bonds is 6. The maximum Gasteiger partial charge on any atom is 0.266 e. The molecule has 0 heterocycles. The highest BCUT2D eigenvalue weighted by Crippen LogP contribution is 2.36. The highest BCUT2D eigenvalue weighted by molar-refractivity contribution is 9.10. The van der Waals surface area contributed by atoms with Gasteiger partial charge in [-0.25, -0.2) is 0 Å². The standard InChI is InChI=1S/C25H19BrCl2N2O2/c1-15-5-3-6-17(9-15)14-32-24-20(26)11-18(12-22(24)28)10-19(13-29)25(31)30-23-8-4-7-21(27)16(23)2/h3-12H,14H2,1-2H3,(H,30,31)/b19-10-. The summed E-state index contributed by atoms with van der Waals surface area (Å²) in [5, 5.41) is 13.1. The summed E-state index contributed by atoms with van der Waals surface area (Å²) in [6, 6.07) is 18.5. The van der Waals surface area contributed by atoms with Crippen LogP contribution in [0.15, 0.2) is 64.6 Å². The van der Waals surface area contributed by atoms with E-state index in [2.05, 4.69) is 21.2 Å². The number of hydrogen-bond acceptors (Lipinski definition) is 3. The van der Waals surface area contributed by atoms with Crippen molar-refractivity contribution in [2.45, 2.75) is 20.5 Å². The van der Waals surface area contributed by atoms with Crippen LogP contribution in [-0.4, -0.2) is 5.91 Å². The van der Waals surface area contributed by atoms with E-state index in [9.17, 15) is 10.1 Å². The van der Waals surface area contributed by atoms with Gasteiger partial charge in [0.1, 0.15) is 18.2 Å². The first kappa shape index (κ1) is 23.9. The van der Waals surface area contributed by atoms with E-state index in [4.69, 9.17) is 27.9 Å². The van der Waals surface area contributed by atoms with Crippen molar-refractivity contribution in [2.24, 2.45) is 0 Å². The summed E-state index contributed by atoms with van der Waals surface area (Å²) in [5.74, 6) is -0.0484. The van der Waals surface area contributed by atoms with Crippen LogP contribution in [0.25, 0.3) is 6.08 Å². The third kappa shape index (κ3) is 5.92. The van der Waals surface area contributed by atoms with Gasteiger partial charge in [-0.2, -0.15) is 5.26 Å². The number of aryl methyl sites for hydroxylation is 1. The van der Waals surface area contributed by atoms with E-state index >= 15 is 0 Å². The second-order valence-electron chi connectivity index (χ2n) is 7.13. The van der Waals surface area contributed by atoms with Crippen molar-refractivity contribution in [3.8, 4) is 11.8 Å². The lowest BCUT2D eigenvalue weighted by Crippen LogP contribution is -2.14. The number of nitrogens with zero attached hydrogens (tertiary/aromatic N) is 1. The lowest BCUT2D eigenvalue weighted by molar-refractivity contribution is -0.112. The number of carbonyl (C=O) groups excluding carboxylic acids is 1. The monoisotopic (exact) mass is 528 g/mol. The molecule has 0 fully saturated rings. The van der Waals surface area contributed by atoms with Crippen LogP contribution in [0.3, 0.4) is 0 Å². The molecule has 0 aliphatic heterocycles. The molecule has 0 atom stereocenters. The molecule has 0 aliphatic carbocycles. The third-order valence-electron chi connectivity index (χ3n) is 4.68. The van der Waals surface area contributed by atoms with Gasteiger partial charge in [0, 0.05) is 10.7 Å². The number of carbonyl (C=O) groups is 1. The van der Waals surface area contributed by atoms with Crippen molar-refractivity contribution in [2.75, 3.05) is 5.32 Å². The molecule has 0 saturated heterocycles. The molecule has 162 valence electrons. The van der Waals surface area contributed by atoms with Gasteiger partial charge >= 0.3 is 0 Å². The number of benzene rings is 3. The van der Waals surface area contributed by atoms with Crippen molar-refractivity contribution in [3.05, 3.63) is 96.9 Å². The van der Waals surface area contributed by atoms with E-state index in [0.717, 1.165) is 16.7 Å². The molecule has 4 nitrogen and oxygen atoms in total. The van der Waals surface area contributed by atoms with E-state index in [1.807, 2.05) is 37.3 Å². The first-order chi connectivity index (χ1) is 15.3. The summed E-state index contributed by atoms with van der Waals surface area (Å²) in [7, 11) is 0. The normalized spacial score (nSPS) is 11.1. The number of ether oxygens (including phenoxy) is 1. The summed E-state index contributed by atoms with van der Waals surface area (Å²) in [6.07, 6.45) is 1.47. The lowest BCUT2D eigenvalue weighted by atomic mass is 10.1. The molecule has 1 N–H and O–H groups in total. The van der Waals surface area contributed by atoms with Gasteiger partial charge in [0.2, 0.25) is 0 Å². The summed E-state index contributed by atoms with van der Waals surface area (Å²) in [5.41, 5.74) is 3.95. The van der Waals surface area contributed by atoms with Crippen LogP contribution in [0.5, 0.6) is 5.75 Å². The van der Waals surface area contributed by atoms with E-state index in [1.165, 1.54) is 6.08 Å². The Kier molecular flexibility index (Phi) is 7.98. The van der Waals surface area contributed by atoms with Crippen LogP contribution in [-0.2, 0) is 11.4 Å². The summed E-state index contributed by atoms with van der Waals surface area (Å²) in [6.45, 7) is 4.17. The predicted molar refractivity (Wildman–Crippen MR) is 133 cm³/mol. The van der Waals surface area contributed by atoms with Gasteiger partial charge in [-0.1, -0.05) is 59.1 Å². The van der Waals surface area contributed by atoms with Gasteiger partial charge in [0.25, 0.3) is 5.91 Å². The summed E-state index contributed by atoms with van der Waals surface area (Å²) < 4.78 is 6.51. The van der Waals surface area contributed by atoms with Crippen LogP contribution >= 0.6 is 39.1 Å². The molecule has 0 aromatic heterocycles. The maximum atomic E-state index is 12.6. The minimum absolute atomic E-state index is 0.0687. The molecule has 0 unspecified atom stereocenters. The van der Waals surface area contributed by atoms with E-state index < -0.39 is 5.91 Å². The van der Waals surface area contributed by atoms with Gasteiger partial charge in [-0.05, 0) is 76.8 Å². The van der Waals surface area contributed by atoms with Crippen molar-refractivity contribution in [3.63, 3.8) is 0 Å². The molecule has 7 heteroatoms. The topological polar surface area (TPSA) is 62.1 Å². The Morgan fingerprint density at radius 1 is 1.12 bits per heavy atom. The average molecular weight is 530 g/mol. The van der Waals surface area contributed by atoms with Crippen LogP contribution in [0.1, 0.15) is 22.3 Å². The van der Waals surface area contributed by atoms with Crippen molar-refractivity contribution in [1.82, 2.24) is 0 Å². The van der Waals surface area contributed by atoms with Gasteiger partial charge in [0.15, 0.2) is 5.75 Å². The minimum atomic E-state index is -0.537. The Morgan fingerprint density at radius 3 is 2.56 bits per heavy atom. The molecule has 1 amide bonds. The van der Waals surface area contributed by atoms with Crippen molar-refractivity contribution in [1.29, 1.82) is 5.26 Å². The predicted octanol–water partition coefficient (Wildman–Crippen LogP) is 7.50. The second-order valence-corrected chi connectivity index (χ2v) is 8.80. The zero-order valence-corrected chi connectivity index (χ0v) is 20.5. The Labute approximate surface area is 205 Å². The number of amides is 1. The van der Waals surface area contributed by atoms with E-state index in [-0.39, 0.29) is 5.57 Å².